The maximum absolute atomic E-state index is 12.5. The first-order valence-electron chi connectivity index (χ1n) is 6.65. The fraction of sp³-hybridized carbons (Fsp3) is 0.333. The Morgan fingerprint density at radius 3 is 2.95 bits per heavy atom. The van der Waals surface area contributed by atoms with Crippen molar-refractivity contribution in [3.8, 4) is 10.6 Å². The fourth-order valence-electron chi connectivity index (χ4n) is 2.26. The van der Waals surface area contributed by atoms with Gasteiger partial charge in [0.1, 0.15) is 9.88 Å². The van der Waals surface area contributed by atoms with Crippen LogP contribution in [0.25, 0.3) is 10.6 Å². The first-order chi connectivity index (χ1) is 9.75. The number of ether oxygens (including phenoxy) is 1. The van der Waals surface area contributed by atoms with Crippen molar-refractivity contribution in [2.45, 2.75) is 13.0 Å². The molecule has 1 fully saturated rings. The molecule has 0 N–H and O–H groups in total. The lowest BCUT2D eigenvalue weighted by atomic mass is 10.2. The molecule has 1 saturated heterocycles. The van der Waals surface area contributed by atoms with E-state index in [9.17, 15) is 4.79 Å². The molecule has 1 amide bonds. The lowest BCUT2D eigenvalue weighted by molar-refractivity contribution is 0.00385. The standard InChI is InChI=1S/C15H16N2O2S/c1-11-10-19-8-7-17(11)15(18)13-9-16-14(20-13)12-5-3-2-4-6-12/h2-6,9,11H,7-8,10H2,1H3/t11-/m0/s1. The van der Waals surface area contributed by atoms with Crippen molar-refractivity contribution in [2.24, 2.45) is 0 Å². The Labute approximate surface area is 122 Å². The van der Waals surface area contributed by atoms with E-state index in [0.29, 0.717) is 24.6 Å². The van der Waals surface area contributed by atoms with Crippen LogP contribution in [0.2, 0.25) is 0 Å². The highest BCUT2D eigenvalue weighted by Crippen LogP contribution is 2.26. The highest BCUT2D eigenvalue weighted by atomic mass is 32.1. The van der Waals surface area contributed by atoms with E-state index in [0.717, 1.165) is 10.6 Å². The Morgan fingerprint density at radius 2 is 2.20 bits per heavy atom. The summed E-state index contributed by atoms with van der Waals surface area (Å²) in [5.74, 6) is 0.0560. The molecule has 104 valence electrons. The third kappa shape index (κ3) is 2.59. The smallest absolute Gasteiger partial charge is 0.265 e. The number of carbonyl (C=O) groups excluding carboxylic acids is 1. The monoisotopic (exact) mass is 288 g/mol. The third-order valence-electron chi connectivity index (χ3n) is 3.37. The number of hydrogen-bond donors (Lipinski definition) is 0. The first-order valence-corrected chi connectivity index (χ1v) is 7.47. The van der Waals surface area contributed by atoms with Crippen molar-refractivity contribution in [3.05, 3.63) is 41.4 Å². The van der Waals surface area contributed by atoms with Crippen LogP contribution in [0.1, 0.15) is 16.6 Å². The van der Waals surface area contributed by atoms with Crippen LogP contribution in [-0.2, 0) is 4.74 Å². The van der Waals surface area contributed by atoms with Crippen molar-refractivity contribution < 1.29 is 9.53 Å². The molecule has 0 spiro atoms. The lowest BCUT2D eigenvalue weighted by Gasteiger charge is -2.32. The van der Waals surface area contributed by atoms with Crippen LogP contribution in [0.5, 0.6) is 0 Å². The number of morpholine rings is 1. The van der Waals surface area contributed by atoms with Crippen molar-refractivity contribution in [1.29, 1.82) is 0 Å². The Balaban J connectivity index is 1.81. The predicted octanol–water partition coefficient (Wildman–Crippen LogP) is 2.67. The van der Waals surface area contributed by atoms with Gasteiger partial charge in [-0.15, -0.1) is 11.3 Å². The molecule has 1 aromatic heterocycles. The second kappa shape index (κ2) is 5.73. The van der Waals surface area contributed by atoms with Gasteiger partial charge in [-0.05, 0) is 6.92 Å². The predicted molar refractivity (Wildman–Crippen MR) is 78.9 cm³/mol. The second-order valence-corrected chi connectivity index (χ2v) is 5.85. The van der Waals surface area contributed by atoms with Crippen LogP contribution in [0.4, 0.5) is 0 Å². The Bertz CT molecular complexity index is 597. The van der Waals surface area contributed by atoms with Gasteiger partial charge in [-0.25, -0.2) is 4.98 Å². The largest absolute Gasteiger partial charge is 0.377 e. The van der Waals surface area contributed by atoms with Gasteiger partial charge in [-0.1, -0.05) is 30.3 Å². The molecule has 1 aliphatic rings. The van der Waals surface area contributed by atoms with Crippen molar-refractivity contribution in [3.63, 3.8) is 0 Å². The molecule has 2 heterocycles. The average Bonchev–Trinajstić information content (AvgIpc) is 2.98. The summed E-state index contributed by atoms with van der Waals surface area (Å²) in [4.78, 5) is 19.4. The maximum Gasteiger partial charge on any atom is 0.265 e. The number of hydrogen-bond acceptors (Lipinski definition) is 4. The molecule has 5 heteroatoms. The summed E-state index contributed by atoms with van der Waals surface area (Å²) in [7, 11) is 0. The molecule has 4 nitrogen and oxygen atoms in total. The third-order valence-corrected chi connectivity index (χ3v) is 4.40. The van der Waals surface area contributed by atoms with Gasteiger partial charge in [0.25, 0.3) is 5.91 Å². The minimum absolute atomic E-state index is 0.0560. The highest BCUT2D eigenvalue weighted by molar-refractivity contribution is 7.16. The van der Waals surface area contributed by atoms with E-state index < -0.39 is 0 Å². The van der Waals surface area contributed by atoms with E-state index in [1.165, 1.54) is 11.3 Å². The zero-order chi connectivity index (χ0) is 13.9. The Morgan fingerprint density at radius 1 is 1.40 bits per heavy atom. The number of benzene rings is 1. The molecule has 0 bridgehead atoms. The van der Waals surface area contributed by atoms with E-state index in [-0.39, 0.29) is 11.9 Å². The van der Waals surface area contributed by atoms with Crippen LogP contribution in [-0.4, -0.2) is 41.6 Å². The minimum Gasteiger partial charge on any atom is -0.377 e. The van der Waals surface area contributed by atoms with Crippen molar-refractivity contribution in [1.82, 2.24) is 9.88 Å². The zero-order valence-electron chi connectivity index (χ0n) is 11.3. The topological polar surface area (TPSA) is 42.4 Å². The normalized spacial score (nSPS) is 19.1. The van der Waals surface area contributed by atoms with Gasteiger partial charge in [-0.2, -0.15) is 0 Å². The molecule has 3 rings (SSSR count). The van der Waals surface area contributed by atoms with E-state index in [1.807, 2.05) is 42.2 Å². The van der Waals surface area contributed by atoms with Gasteiger partial charge in [0.15, 0.2) is 0 Å². The SMILES string of the molecule is C[C@H]1COCCN1C(=O)c1cnc(-c2ccccc2)s1. The number of thiazole rings is 1. The van der Waals surface area contributed by atoms with E-state index in [4.69, 9.17) is 4.74 Å². The van der Waals surface area contributed by atoms with Gasteiger partial charge in [0.2, 0.25) is 0 Å². The van der Waals surface area contributed by atoms with Gasteiger partial charge >= 0.3 is 0 Å². The van der Waals surface area contributed by atoms with Gasteiger partial charge in [0.05, 0.1) is 25.5 Å². The quantitative estimate of drug-likeness (QED) is 0.853. The number of nitrogens with zero attached hydrogens (tertiary/aromatic N) is 2. The first kappa shape index (κ1) is 13.3. The van der Waals surface area contributed by atoms with Gasteiger partial charge < -0.3 is 9.64 Å². The molecular weight excluding hydrogens is 272 g/mol. The van der Waals surface area contributed by atoms with Gasteiger partial charge in [-0.3, -0.25) is 4.79 Å². The van der Waals surface area contributed by atoms with Crippen LogP contribution in [0.15, 0.2) is 36.5 Å². The Kier molecular flexibility index (Phi) is 3.80. The van der Waals surface area contributed by atoms with E-state index >= 15 is 0 Å². The summed E-state index contributed by atoms with van der Waals surface area (Å²) in [6, 6.07) is 10.1. The van der Waals surface area contributed by atoms with Gasteiger partial charge in [0, 0.05) is 12.1 Å². The molecule has 0 unspecified atom stereocenters. The van der Waals surface area contributed by atoms with Crippen molar-refractivity contribution in [2.75, 3.05) is 19.8 Å². The summed E-state index contributed by atoms with van der Waals surface area (Å²) < 4.78 is 5.37. The van der Waals surface area contributed by atoms with Crippen LogP contribution in [0.3, 0.4) is 0 Å². The molecule has 20 heavy (non-hydrogen) atoms. The highest BCUT2D eigenvalue weighted by Gasteiger charge is 2.26. The summed E-state index contributed by atoms with van der Waals surface area (Å²) in [6.45, 7) is 3.88. The van der Waals surface area contributed by atoms with Crippen molar-refractivity contribution >= 4 is 17.2 Å². The number of amides is 1. The summed E-state index contributed by atoms with van der Waals surface area (Å²) >= 11 is 1.45. The molecule has 1 aliphatic heterocycles. The second-order valence-electron chi connectivity index (χ2n) is 4.82. The number of rotatable bonds is 2. The maximum atomic E-state index is 12.5. The molecule has 0 radical (unpaired) electrons. The fourth-order valence-corrected chi connectivity index (χ4v) is 3.14. The summed E-state index contributed by atoms with van der Waals surface area (Å²) in [5, 5.41) is 0.884. The number of aromatic nitrogens is 1. The molecule has 0 saturated carbocycles. The summed E-state index contributed by atoms with van der Waals surface area (Å²) in [6.07, 6.45) is 1.68. The van der Waals surface area contributed by atoms with E-state index in [2.05, 4.69) is 4.98 Å². The lowest BCUT2D eigenvalue weighted by Crippen LogP contribution is -2.46. The minimum atomic E-state index is 0.0560. The van der Waals surface area contributed by atoms with E-state index in [1.54, 1.807) is 6.20 Å². The molecular formula is C15H16N2O2S. The van der Waals surface area contributed by atoms with Crippen LogP contribution >= 0.6 is 11.3 Å². The zero-order valence-corrected chi connectivity index (χ0v) is 12.1. The molecule has 0 aliphatic carbocycles. The molecule has 1 atom stereocenters. The molecule has 1 aromatic carbocycles. The van der Waals surface area contributed by atoms with Crippen LogP contribution in [0, 0.1) is 0 Å². The van der Waals surface area contributed by atoms with Crippen LogP contribution < -0.4 is 0 Å². The molecule has 2 aromatic rings. The Hall–Kier alpha value is -1.72. The average molecular weight is 288 g/mol. The number of carbonyl (C=O) groups is 1. The summed E-state index contributed by atoms with van der Waals surface area (Å²) in [5.41, 5.74) is 1.05.